The molecule has 1 heterocycles. The number of hydrogen-bond acceptors (Lipinski definition) is 4. The van der Waals surface area contributed by atoms with E-state index in [4.69, 9.17) is 0 Å². The van der Waals surface area contributed by atoms with Gasteiger partial charge in [-0.1, -0.05) is 20.3 Å². The average Bonchev–Trinajstić information content (AvgIpc) is 2.47. The van der Waals surface area contributed by atoms with Crippen LogP contribution in [0.25, 0.3) is 0 Å². The highest BCUT2D eigenvalue weighted by Crippen LogP contribution is 2.23. The Morgan fingerprint density at radius 1 is 1.05 bits per heavy atom. The number of ketones is 1. The average molecular weight is 312 g/mol. The molecule has 2 aromatic rings. The molecule has 0 spiro atoms. The number of carbonyl (C=O) groups excluding carboxylic acids is 1. The minimum atomic E-state index is -4.75. The molecule has 0 aliphatic rings. The lowest BCUT2D eigenvalue weighted by molar-refractivity contribution is -0.274. The smallest absolute Gasteiger partial charge is 0.406 e. The van der Waals surface area contributed by atoms with Gasteiger partial charge in [0, 0.05) is 18.0 Å². The van der Waals surface area contributed by atoms with Gasteiger partial charge in [0.2, 0.25) is 0 Å². The first kappa shape index (κ1) is 17.6. The van der Waals surface area contributed by atoms with E-state index in [9.17, 15) is 18.0 Å². The van der Waals surface area contributed by atoms with Crippen LogP contribution in [0.4, 0.5) is 13.2 Å². The summed E-state index contributed by atoms with van der Waals surface area (Å²) < 4.78 is 39.6. The van der Waals surface area contributed by atoms with Gasteiger partial charge in [0.05, 0.1) is 5.56 Å². The molecule has 1 aromatic heterocycles. The Kier molecular flexibility index (Phi) is 6.49. The van der Waals surface area contributed by atoms with Gasteiger partial charge >= 0.3 is 6.36 Å². The fourth-order valence-corrected chi connectivity index (χ4v) is 1.39. The summed E-state index contributed by atoms with van der Waals surface area (Å²) in [5.41, 5.74) is 0.483. The molecule has 0 N–H and O–H groups in total. The number of aromatic nitrogens is 2. The molecular formula is C15H15F3N2O2. The molecule has 0 bridgehead atoms. The summed E-state index contributed by atoms with van der Waals surface area (Å²) in [7, 11) is 0. The third-order valence-corrected chi connectivity index (χ3v) is 2.17. The highest BCUT2D eigenvalue weighted by Gasteiger charge is 2.31. The lowest BCUT2D eigenvalue weighted by Gasteiger charge is -2.08. The third-order valence-electron chi connectivity index (χ3n) is 2.17. The van der Waals surface area contributed by atoms with E-state index in [1.54, 1.807) is 0 Å². The summed E-state index contributed by atoms with van der Waals surface area (Å²) >= 11 is 0. The molecule has 0 fully saturated rings. The van der Waals surface area contributed by atoms with Crippen molar-refractivity contribution >= 4 is 5.78 Å². The van der Waals surface area contributed by atoms with E-state index in [0.29, 0.717) is 0 Å². The Hall–Kier alpha value is -2.44. The maximum absolute atomic E-state index is 12.0. The van der Waals surface area contributed by atoms with Gasteiger partial charge in [-0.05, 0) is 24.3 Å². The Morgan fingerprint density at radius 3 is 2.00 bits per heavy atom. The number of ether oxygens (including phenoxy) is 1. The van der Waals surface area contributed by atoms with Crippen molar-refractivity contribution in [2.75, 3.05) is 0 Å². The van der Waals surface area contributed by atoms with E-state index in [1.165, 1.54) is 37.3 Å². The van der Waals surface area contributed by atoms with Crippen LogP contribution in [0, 0.1) is 0 Å². The summed E-state index contributed by atoms with van der Waals surface area (Å²) in [4.78, 5) is 19.3. The normalized spacial score (nSPS) is 10.4. The highest BCUT2D eigenvalue weighted by molar-refractivity contribution is 6.08. The van der Waals surface area contributed by atoms with Crippen LogP contribution in [0.1, 0.15) is 36.2 Å². The molecule has 22 heavy (non-hydrogen) atoms. The van der Waals surface area contributed by atoms with Gasteiger partial charge in [0.15, 0.2) is 5.78 Å². The zero-order chi connectivity index (χ0) is 16.6. The van der Waals surface area contributed by atoms with Crippen molar-refractivity contribution < 1.29 is 22.7 Å². The van der Waals surface area contributed by atoms with Crippen molar-refractivity contribution in [2.45, 2.75) is 26.6 Å². The predicted molar refractivity (Wildman–Crippen MR) is 74.6 cm³/mol. The Morgan fingerprint density at radius 2 is 1.55 bits per heavy atom. The lowest BCUT2D eigenvalue weighted by Crippen LogP contribution is -2.17. The molecule has 0 unspecified atom stereocenters. The quantitative estimate of drug-likeness (QED) is 0.803. The van der Waals surface area contributed by atoms with Crippen LogP contribution < -0.4 is 4.74 Å². The van der Waals surface area contributed by atoms with Crippen molar-refractivity contribution in [3.63, 3.8) is 0 Å². The number of halogens is 3. The third kappa shape index (κ3) is 5.90. The Bertz CT molecular complexity index is 584. The van der Waals surface area contributed by atoms with Crippen molar-refractivity contribution in [2.24, 2.45) is 0 Å². The molecule has 2 rings (SSSR count). The summed E-state index contributed by atoms with van der Waals surface area (Å²) in [6, 6.07) is 4.64. The molecule has 1 aromatic carbocycles. The van der Waals surface area contributed by atoms with Crippen LogP contribution in [0.5, 0.6) is 5.75 Å². The Labute approximate surface area is 126 Å². The minimum absolute atomic E-state index is 0.226. The van der Waals surface area contributed by atoms with Crippen molar-refractivity contribution in [1.82, 2.24) is 9.97 Å². The summed E-state index contributed by atoms with van der Waals surface area (Å²) in [5.74, 6) is -0.757. The van der Waals surface area contributed by atoms with Crippen molar-refractivity contribution in [1.29, 1.82) is 0 Å². The minimum Gasteiger partial charge on any atom is -0.406 e. The lowest BCUT2D eigenvalue weighted by atomic mass is 10.1. The van der Waals surface area contributed by atoms with Gasteiger partial charge in [-0.3, -0.25) is 4.79 Å². The van der Waals surface area contributed by atoms with Gasteiger partial charge in [0.1, 0.15) is 12.1 Å². The van der Waals surface area contributed by atoms with Crippen LogP contribution in [0.3, 0.4) is 0 Å². The van der Waals surface area contributed by atoms with Crippen LogP contribution in [0.15, 0.2) is 43.0 Å². The van der Waals surface area contributed by atoms with E-state index < -0.39 is 6.36 Å². The first-order valence-electron chi connectivity index (χ1n) is 6.53. The molecule has 118 valence electrons. The SMILES string of the molecule is CCC.O=C(c1ccc(OC(F)(F)F)cc1)c1cncnc1. The molecule has 4 nitrogen and oxygen atoms in total. The summed E-state index contributed by atoms with van der Waals surface area (Å²) in [6.45, 7) is 4.25. The number of hydrogen-bond donors (Lipinski definition) is 0. The number of alkyl halides is 3. The second kappa shape index (κ2) is 8.11. The monoisotopic (exact) mass is 312 g/mol. The largest absolute Gasteiger partial charge is 0.573 e. The highest BCUT2D eigenvalue weighted by atomic mass is 19.4. The zero-order valence-corrected chi connectivity index (χ0v) is 12.1. The molecule has 0 amide bonds. The number of benzene rings is 1. The van der Waals surface area contributed by atoms with Crippen LogP contribution in [-0.2, 0) is 0 Å². The van der Waals surface area contributed by atoms with Crippen molar-refractivity contribution in [3.05, 3.63) is 54.1 Å². The summed E-state index contributed by atoms with van der Waals surface area (Å²) in [5, 5.41) is 0. The maximum atomic E-state index is 12.0. The molecule has 0 aliphatic carbocycles. The van der Waals surface area contributed by atoms with Gasteiger partial charge in [0.25, 0.3) is 0 Å². The molecule has 0 radical (unpaired) electrons. The van der Waals surface area contributed by atoms with Crippen LogP contribution >= 0.6 is 0 Å². The fraction of sp³-hybridized carbons (Fsp3) is 0.267. The standard InChI is InChI=1S/C12H7F3N2O2.C3H8/c13-12(14,15)19-10-3-1-8(2-4-10)11(18)9-5-16-7-17-6-9;1-3-2/h1-7H;3H2,1-2H3. The van der Waals surface area contributed by atoms with Gasteiger partial charge in [-0.2, -0.15) is 0 Å². The zero-order valence-electron chi connectivity index (χ0n) is 12.1. The van der Waals surface area contributed by atoms with E-state index >= 15 is 0 Å². The maximum Gasteiger partial charge on any atom is 0.573 e. The summed E-state index contributed by atoms with van der Waals surface area (Å²) in [6.07, 6.45) is 0.431. The molecular weight excluding hydrogens is 297 g/mol. The second-order valence-electron chi connectivity index (χ2n) is 4.24. The first-order chi connectivity index (χ1) is 10.4. The van der Waals surface area contributed by atoms with Gasteiger partial charge < -0.3 is 4.74 Å². The molecule has 0 aliphatic heterocycles. The van der Waals surface area contributed by atoms with E-state index in [-0.39, 0.29) is 22.7 Å². The van der Waals surface area contributed by atoms with Crippen molar-refractivity contribution in [3.8, 4) is 5.75 Å². The molecule has 0 atom stereocenters. The topological polar surface area (TPSA) is 52.1 Å². The number of nitrogens with zero attached hydrogens (tertiary/aromatic N) is 2. The van der Waals surface area contributed by atoms with Gasteiger partial charge in [-0.15, -0.1) is 13.2 Å². The molecule has 7 heteroatoms. The van der Waals surface area contributed by atoms with E-state index in [1.807, 2.05) is 0 Å². The second-order valence-corrected chi connectivity index (χ2v) is 4.24. The van der Waals surface area contributed by atoms with Crippen LogP contribution in [0.2, 0.25) is 0 Å². The number of rotatable bonds is 3. The first-order valence-corrected chi connectivity index (χ1v) is 6.53. The predicted octanol–water partition coefficient (Wildman–Crippen LogP) is 4.02. The van der Waals surface area contributed by atoms with E-state index in [2.05, 4.69) is 28.6 Å². The van der Waals surface area contributed by atoms with Gasteiger partial charge in [-0.25, -0.2) is 9.97 Å². The van der Waals surface area contributed by atoms with E-state index in [0.717, 1.165) is 12.1 Å². The fourth-order valence-electron chi connectivity index (χ4n) is 1.39. The molecule has 0 saturated heterocycles. The Balaban J connectivity index is 0.000000745. The number of carbonyl (C=O) groups is 1. The molecule has 0 saturated carbocycles. The van der Waals surface area contributed by atoms with Crippen LogP contribution in [-0.4, -0.2) is 22.1 Å².